The van der Waals surface area contributed by atoms with Gasteiger partial charge in [-0.15, -0.1) is 0 Å². The van der Waals surface area contributed by atoms with E-state index < -0.39 is 0 Å². The summed E-state index contributed by atoms with van der Waals surface area (Å²) in [4.78, 5) is 4.20. The molecule has 1 heteroatoms. The summed E-state index contributed by atoms with van der Waals surface area (Å²) in [6.45, 7) is 6.63. The third-order valence-electron chi connectivity index (χ3n) is 2.46. The Labute approximate surface area is 87.6 Å². The molecule has 0 aliphatic heterocycles. The molecule has 0 N–H and O–H groups in total. The van der Waals surface area contributed by atoms with E-state index in [9.17, 15) is 0 Å². The number of rotatable bonds is 5. The molecule has 0 saturated carbocycles. The molecular weight excluding hydrogens is 170 g/mol. The normalized spacial score (nSPS) is 10.9. The van der Waals surface area contributed by atoms with Crippen LogP contribution in [0.5, 0.6) is 0 Å². The highest BCUT2D eigenvalue weighted by atomic mass is 14.6. The van der Waals surface area contributed by atoms with Gasteiger partial charge in [0.1, 0.15) is 0 Å². The van der Waals surface area contributed by atoms with Crippen molar-refractivity contribution in [3.63, 3.8) is 0 Å². The first kappa shape index (κ1) is 11.2. The standard InChI is InChI=1S/C13H21N/c1-11(2)6-4-5-7-13-8-9-14-12(3)10-13/h8-11H,4-7H2,1-3H3. The van der Waals surface area contributed by atoms with Crippen LogP contribution in [0.2, 0.25) is 0 Å². The van der Waals surface area contributed by atoms with Gasteiger partial charge in [0.2, 0.25) is 0 Å². The minimum atomic E-state index is 0.842. The molecule has 1 aromatic rings. The van der Waals surface area contributed by atoms with Crippen LogP contribution in [0.1, 0.15) is 44.4 Å². The molecule has 0 unspecified atom stereocenters. The molecule has 1 aromatic heterocycles. The Kier molecular flexibility index (Phi) is 4.64. The third-order valence-corrected chi connectivity index (χ3v) is 2.46. The number of hydrogen-bond donors (Lipinski definition) is 0. The lowest BCUT2D eigenvalue weighted by molar-refractivity contribution is 0.538. The molecule has 1 nitrogen and oxygen atoms in total. The zero-order valence-electron chi connectivity index (χ0n) is 9.59. The van der Waals surface area contributed by atoms with E-state index in [2.05, 4.69) is 37.9 Å². The zero-order valence-corrected chi connectivity index (χ0v) is 9.59. The van der Waals surface area contributed by atoms with Gasteiger partial charge in [0.15, 0.2) is 0 Å². The van der Waals surface area contributed by atoms with E-state index in [-0.39, 0.29) is 0 Å². The average molecular weight is 191 g/mol. The van der Waals surface area contributed by atoms with Crippen molar-refractivity contribution < 1.29 is 0 Å². The summed E-state index contributed by atoms with van der Waals surface area (Å²) < 4.78 is 0. The number of nitrogens with zero attached hydrogens (tertiary/aromatic N) is 1. The number of pyridine rings is 1. The van der Waals surface area contributed by atoms with Crippen LogP contribution in [0.4, 0.5) is 0 Å². The van der Waals surface area contributed by atoms with Gasteiger partial charge in [0.25, 0.3) is 0 Å². The predicted molar refractivity (Wildman–Crippen MR) is 61.4 cm³/mol. The molecule has 0 bridgehead atoms. The van der Waals surface area contributed by atoms with E-state index in [1.54, 1.807) is 0 Å². The molecule has 0 atom stereocenters. The van der Waals surface area contributed by atoms with Crippen LogP contribution < -0.4 is 0 Å². The summed E-state index contributed by atoms with van der Waals surface area (Å²) in [6, 6.07) is 4.32. The number of hydrogen-bond acceptors (Lipinski definition) is 1. The smallest absolute Gasteiger partial charge is 0.0375 e. The molecule has 0 aliphatic carbocycles. The second-order valence-electron chi connectivity index (χ2n) is 4.45. The predicted octanol–water partition coefficient (Wildman–Crippen LogP) is 3.76. The first-order valence-corrected chi connectivity index (χ1v) is 5.60. The Morgan fingerprint density at radius 3 is 2.71 bits per heavy atom. The SMILES string of the molecule is Cc1cc(CCCCC(C)C)ccn1. The summed E-state index contributed by atoms with van der Waals surface area (Å²) in [5.41, 5.74) is 2.56. The zero-order chi connectivity index (χ0) is 10.4. The fourth-order valence-electron chi connectivity index (χ4n) is 1.64. The Bertz CT molecular complexity index is 266. The molecule has 0 fully saturated rings. The lowest BCUT2D eigenvalue weighted by Crippen LogP contribution is -1.91. The first-order chi connectivity index (χ1) is 6.68. The van der Waals surface area contributed by atoms with Crippen LogP contribution in [0.15, 0.2) is 18.3 Å². The molecule has 0 amide bonds. The monoisotopic (exact) mass is 191 g/mol. The molecule has 0 spiro atoms. The Morgan fingerprint density at radius 2 is 2.07 bits per heavy atom. The van der Waals surface area contributed by atoms with Crippen molar-refractivity contribution in [3.8, 4) is 0 Å². The maximum atomic E-state index is 4.20. The van der Waals surface area contributed by atoms with Crippen LogP contribution >= 0.6 is 0 Å². The third kappa shape index (κ3) is 4.40. The molecule has 0 saturated heterocycles. The van der Waals surface area contributed by atoms with Gasteiger partial charge < -0.3 is 0 Å². The van der Waals surface area contributed by atoms with E-state index in [1.165, 1.54) is 31.2 Å². The molecular formula is C13H21N. The van der Waals surface area contributed by atoms with Crippen LogP contribution in [-0.2, 0) is 6.42 Å². The summed E-state index contributed by atoms with van der Waals surface area (Å²) in [6.07, 6.45) is 7.12. The maximum Gasteiger partial charge on any atom is 0.0375 e. The van der Waals surface area contributed by atoms with Crippen molar-refractivity contribution in [2.75, 3.05) is 0 Å². The largest absolute Gasteiger partial charge is 0.262 e. The van der Waals surface area contributed by atoms with E-state index in [1.807, 2.05) is 6.20 Å². The van der Waals surface area contributed by atoms with E-state index >= 15 is 0 Å². The number of unbranched alkanes of at least 4 members (excludes halogenated alkanes) is 1. The minimum absolute atomic E-state index is 0.842. The van der Waals surface area contributed by atoms with E-state index in [0.29, 0.717) is 0 Å². The van der Waals surface area contributed by atoms with Crippen molar-refractivity contribution in [3.05, 3.63) is 29.6 Å². The second kappa shape index (κ2) is 5.79. The van der Waals surface area contributed by atoms with Crippen LogP contribution in [0, 0.1) is 12.8 Å². The number of aryl methyl sites for hydroxylation is 2. The van der Waals surface area contributed by atoms with Crippen molar-refractivity contribution in [2.24, 2.45) is 5.92 Å². The topological polar surface area (TPSA) is 12.9 Å². The van der Waals surface area contributed by atoms with Crippen molar-refractivity contribution in [1.82, 2.24) is 4.98 Å². The molecule has 0 radical (unpaired) electrons. The first-order valence-electron chi connectivity index (χ1n) is 5.60. The van der Waals surface area contributed by atoms with Gasteiger partial charge in [-0.3, -0.25) is 4.98 Å². The lowest BCUT2D eigenvalue weighted by atomic mass is 10.0. The van der Waals surface area contributed by atoms with Gasteiger partial charge in [0.05, 0.1) is 0 Å². The highest BCUT2D eigenvalue weighted by molar-refractivity contribution is 5.15. The summed E-state index contributed by atoms with van der Waals surface area (Å²) in [5.74, 6) is 0.842. The van der Waals surface area contributed by atoms with Gasteiger partial charge in [-0.25, -0.2) is 0 Å². The van der Waals surface area contributed by atoms with Gasteiger partial charge >= 0.3 is 0 Å². The quantitative estimate of drug-likeness (QED) is 0.646. The highest BCUT2D eigenvalue weighted by Gasteiger charge is 1.96. The van der Waals surface area contributed by atoms with Gasteiger partial charge in [-0.1, -0.05) is 26.7 Å². The van der Waals surface area contributed by atoms with Crippen molar-refractivity contribution >= 4 is 0 Å². The van der Waals surface area contributed by atoms with Crippen molar-refractivity contribution in [2.45, 2.75) is 46.5 Å². The van der Waals surface area contributed by atoms with Gasteiger partial charge in [-0.05, 0) is 43.4 Å². The Hall–Kier alpha value is -0.850. The highest BCUT2D eigenvalue weighted by Crippen LogP contribution is 2.10. The Morgan fingerprint density at radius 1 is 1.29 bits per heavy atom. The molecule has 0 aliphatic rings. The fourth-order valence-corrected chi connectivity index (χ4v) is 1.64. The van der Waals surface area contributed by atoms with Gasteiger partial charge in [0, 0.05) is 11.9 Å². The maximum absolute atomic E-state index is 4.20. The fraction of sp³-hybridized carbons (Fsp3) is 0.615. The summed E-state index contributed by atoms with van der Waals surface area (Å²) >= 11 is 0. The van der Waals surface area contributed by atoms with Crippen LogP contribution in [-0.4, -0.2) is 4.98 Å². The van der Waals surface area contributed by atoms with E-state index in [0.717, 1.165) is 11.6 Å². The lowest BCUT2D eigenvalue weighted by Gasteiger charge is -2.04. The van der Waals surface area contributed by atoms with Gasteiger partial charge in [-0.2, -0.15) is 0 Å². The molecule has 1 heterocycles. The van der Waals surface area contributed by atoms with Crippen LogP contribution in [0.25, 0.3) is 0 Å². The van der Waals surface area contributed by atoms with Crippen LogP contribution in [0.3, 0.4) is 0 Å². The molecule has 14 heavy (non-hydrogen) atoms. The van der Waals surface area contributed by atoms with Crippen molar-refractivity contribution in [1.29, 1.82) is 0 Å². The Balaban J connectivity index is 2.25. The molecule has 78 valence electrons. The molecule has 1 rings (SSSR count). The average Bonchev–Trinajstić information content (AvgIpc) is 2.12. The number of aromatic nitrogens is 1. The molecule has 0 aromatic carbocycles. The minimum Gasteiger partial charge on any atom is -0.262 e. The summed E-state index contributed by atoms with van der Waals surface area (Å²) in [7, 11) is 0. The second-order valence-corrected chi connectivity index (χ2v) is 4.45. The van der Waals surface area contributed by atoms with E-state index in [4.69, 9.17) is 0 Å². The summed E-state index contributed by atoms with van der Waals surface area (Å²) in [5, 5.41) is 0.